The van der Waals surface area contributed by atoms with Gasteiger partial charge in [-0.25, -0.2) is 4.79 Å². The van der Waals surface area contributed by atoms with Crippen molar-refractivity contribution in [1.29, 1.82) is 0 Å². The van der Waals surface area contributed by atoms with Crippen LogP contribution in [0.5, 0.6) is 0 Å². The minimum Gasteiger partial charge on any atom is -0.480 e. The van der Waals surface area contributed by atoms with E-state index in [1.54, 1.807) is 11.8 Å². The average molecular weight is 414 g/mol. The molecular weight excluding hydrogens is 389 g/mol. The van der Waals surface area contributed by atoms with E-state index in [1.165, 1.54) is 0 Å². The number of nitrogens with two attached hydrogens (primary N) is 2. The van der Waals surface area contributed by atoms with Crippen LogP contribution in [-0.2, 0) is 16.0 Å². The normalized spacial score (nSPS) is 12.6. The molecule has 0 saturated heterocycles. The smallest absolute Gasteiger partial charge is 0.480 e. The lowest BCUT2D eigenvalue weighted by atomic mass is 10.1. The minimum atomic E-state index is -5.08. The zero-order chi connectivity index (χ0) is 21.5. The number of benzene rings is 1. The molecule has 1 aromatic carbocycles. The van der Waals surface area contributed by atoms with Gasteiger partial charge in [-0.2, -0.15) is 24.9 Å². The molecule has 7 N–H and O–H groups in total. The topological polar surface area (TPSA) is 147 Å². The van der Waals surface area contributed by atoms with E-state index in [0.717, 1.165) is 17.7 Å². The Morgan fingerprint density at radius 1 is 1.15 bits per heavy atom. The number of hydrogen-bond acceptors (Lipinski definition) is 6. The maximum atomic E-state index is 10.6. The lowest BCUT2D eigenvalue weighted by Gasteiger charge is -2.04. The third-order valence-corrected chi connectivity index (χ3v) is 3.43. The number of aliphatic carboxylic acids is 2. The van der Waals surface area contributed by atoms with Crippen LogP contribution >= 0.6 is 11.8 Å². The number of halogens is 3. The van der Waals surface area contributed by atoms with Gasteiger partial charge < -0.3 is 26.8 Å². The summed E-state index contributed by atoms with van der Waals surface area (Å²) in [6.45, 7) is 0.112. The zero-order valence-electron chi connectivity index (χ0n) is 14.7. The van der Waals surface area contributed by atoms with Crippen LogP contribution in [0.1, 0.15) is 12.0 Å². The fourth-order valence-corrected chi connectivity index (χ4v) is 1.85. The molecule has 1 aromatic rings. The Balaban J connectivity index is 0. The average Bonchev–Trinajstić information content (AvgIpc) is 2.60. The maximum absolute atomic E-state index is 10.6. The van der Waals surface area contributed by atoms with E-state index >= 15 is 0 Å². The van der Waals surface area contributed by atoms with Crippen molar-refractivity contribution in [2.45, 2.75) is 31.1 Å². The maximum Gasteiger partial charge on any atom is 0.490 e. The van der Waals surface area contributed by atoms with Gasteiger partial charge in [0.05, 0.1) is 6.61 Å². The number of carbonyl (C=O) groups is 2. The van der Waals surface area contributed by atoms with Gasteiger partial charge in [0.2, 0.25) is 0 Å². The fraction of sp³-hybridized carbons (Fsp3) is 0.500. The van der Waals surface area contributed by atoms with Gasteiger partial charge >= 0.3 is 18.1 Å². The summed E-state index contributed by atoms with van der Waals surface area (Å²) < 4.78 is 31.7. The minimum absolute atomic E-state index is 0.0116. The molecule has 11 heteroatoms. The molecule has 7 nitrogen and oxygen atoms in total. The molecule has 0 heterocycles. The Hall–Kier alpha value is -1.82. The van der Waals surface area contributed by atoms with Crippen molar-refractivity contribution < 1.29 is 38.1 Å². The van der Waals surface area contributed by atoms with E-state index in [2.05, 4.69) is 0 Å². The van der Waals surface area contributed by atoms with Crippen molar-refractivity contribution in [3.05, 3.63) is 35.9 Å². The molecule has 0 aliphatic rings. The molecule has 0 aliphatic carbocycles. The predicted octanol–water partition coefficient (Wildman–Crippen LogP) is 1.33. The van der Waals surface area contributed by atoms with Crippen molar-refractivity contribution in [2.75, 3.05) is 18.6 Å². The number of aliphatic hydroxyl groups excluding tert-OH is 1. The number of carboxylic acids is 2. The van der Waals surface area contributed by atoms with Crippen molar-refractivity contribution in [2.24, 2.45) is 11.5 Å². The number of alkyl halides is 3. The first kappa shape index (κ1) is 27.4. The van der Waals surface area contributed by atoms with Crippen LogP contribution in [0.25, 0.3) is 0 Å². The van der Waals surface area contributed by atoms with E-state index in [4.69, 9.17) is 31.6 Å². The van der Waals surface area contributed by atoms with Crippen molar-refractivity contribution in [1.82, 2.24) is 0 Å². The SMILES string of the molecule is CSCC[C@H](N)CO.N[C@@H](Cc1ccccc1)C(=O)O.O=C(O)C(F)(F)F. The lowest BCUT2D eigenvalue weighted by molar-refractivity contribution is -0.192. The molecule has 0 unspecified atom stereocenters. The monoisotopic (exact) mass is 414 g/mol. The molecular formula is C16H25F3N2O5S. The summed E-state index contributed by atoms with van der Waals surface area (Å²) in [5, 5.41) is 24.1. The van der Waals surface area contributed by atoms with Gasteiger partial charge in [0, 0.05) is 6.04 Å². The molecule has 0 aromatic heterocycles. The second-order valence-corrected chi connectivity index (χ2v) is 6.15. The van der Waals surface area contributed by atoms with Crippen LogP contribution in [0.15, 0.2) is 30.3 Å². The van der Waals surface area contributed by atoms with Crippen LogP contribution in [0.2, 0.25) is 0 Å². The highest BCUT2D eigenvalue weighted by Crippen LogP contribution is 2.13. The highest BCUT2D eigenvalue weighted by molar-refractivity contribution is 7.98. The highest BCUT2D eigenvalue weighted by Gasteiger charge is 2.38. The second-order valence-electron chi connectivity index (χ2n) is 5.16. The lowest BCUT2D eigenvalue weighted by Crippen LogP contribution is -2.32. The molecule has 1 rings (SSSR count). The number of carboxylic acid groups (broad SMARTS) is 2. The van der Waals surface area contributed by atoms with E-state index in [9.17, 15) is 18.0 Å². The fourth-order valence-electron chi connectivity index (χ4n) is 1.32. The van der Waals surface area contributed by atoms with Crippen molar-refractivity contribution >= 4 is 23.7 Å². The molecule has 0 spiro atoms. The van der Waals surface area contributed by atoms with E-state index < -0.39 is 24.2 Å². The Morgan fingerprint density at radius 2 is 1.63 bits per heavy atom. The molecule has 0 aliphatic heterocycles. The van der Waals surface area contributed by atoms with Crippen molar-refractivity contribution in [3.8, 4) is 0 Å². The standard InChI is InChI=1S/C9H11NO2.C5H13NOS.C2HF3O2/c10-8(9(11)12)6-7-4-2-1-3-5-7;1-8-3-2-5(6)4-7;3-2(4,5)1(6)7/h1-5,8H,6,10H2,(H,11,12);5,7H,2-4,6H2,1H3;(H,6,7)/t8-;5-;/m00./s1. The van der Waals surface area contributed by atoms with Gasteiger partial charge in [-0.15, -0.1) is 0 Å². The molecule has 0 fully saturated rings. The van der Waals surface area contributed by atoms with Gasteiger partial charge in [-0.1, -0.05) is 30.3 Å². The Kier molecular flexibility index (Phi) is 15.5. The molecule has 0 amide bonds. The molecule has 2 atom stereocenters. The third kappa shape index (κ3) is 17.4. The van der Waals surface area contributed by atoms with Crippen LogP contribution in [0, 0.1) is 0 Å². The Morgan fingerprint density at radius 3 is 1.96 bits per heavy atom. The second kappa shape index (κ2) is 15.3. The Bertz CT molecular complexity index is 533. The largest absolute Gasteiger partial charge is 0.490 e. The molecule has 27 heavy (non-hydrogen) atoms. The molecule has 0 bridgehead atoms. The summed E-state index contributed by atoms with van der Waals surface area (Å²) in [6.07, 6.45) is -1.75. The summed E-state index contributed by atoms with van der Waals surface area (Å²) in [4.78, 5) is 19.3. The first-order valence-corrected chi connectivity index (χ1v) is 9.02. The zero-order valence-corrected chi connectivity index (χ0v) is 15.5. The summed E-state index contributed by atoms with van der Waals surface area (Å²) in [5.74, 6) is -2.67. The first-order chi connectivity index (χ1) is 12.4. The van der Waals surface area contributed by atoms with Crippen LogP contribution in [0.4, 0.5) is 13.2 Å². The van der Waals surface area contributed by atoms with Gasteiger partial charge in [0.25, 0.3) is 0 Å². The number of thioether (sulfide) groups is 1. The summed E-state index contributed by atoms with van der Waals surface area (Å²) >= 11 is 1.75. The van der Waals surface area contributed by atoms with Gasteiger partial charge in [-0.3, -0.25) is 4.79 Å². The summed E-state index contributed by atoms with van der Waals surface area (Å²) in [6, 6.07) is 8.53. The predicted molar refractivity (Wildman–Crippen MR) is 97.5 cm³/mol. The first-order valence-electron chi connectivity index (χ1n) is 7.63. The third-order valence-electron chi connectivity index (χ3n) is 2.79. The van der Waals surface area contributed by atoms with Crippen molar-refractivity contribution in [3.63, 3.8) is 0 Å². The number of hydrogen-bond donors (Lipinski definition) is 5. The van der Waals surface area contributed by atoms with Gasteiger partial charge in [0.1, 0.15) is 6.04 Å². The van der Waals surface area contributed by atoms with Crippen LogP contribution in [0.3, 0.4) is 0 Å². The number of rotatable bonds is 7. The van der Waals surface area contributed by atoms with Gasteiger partial charge in [0.15, 0.2) is 0 Å². The van der Waals surface area contributed by atoms with E-state index in [1.807, 2.05) is 36.6 Å². The Labute approximate surface area is 159 Å². The summed E-state index contributed by atoms with van der Waals surface area (Å²) in [7, 11) is 0. The number of aliphatic hydroxyl groups is 1. The quantitative estimate of drug-likeness (QED) is 0.449. The molecule has 0 saturated carbocycles. The van der Waals surface area contributed by atoms with E-state index in [0.29, 0.717) is 6.42 Å². The summed E-state index contributed by atoms with van der Waals surface area (Å²) in [5.41, 5.74) is 11.7. The van der Waals surface area contributed by atoms with Crippen LogP contribution in [-0.4, -0.2) is 64.1 Å². The molecule has 156 valence electrons. The highest BCUT2D eigenvalue weighted by atomic mass is 32.2. The molecule has 0 radical (unpaired) electrons. The van der Waals surface area contributed by atoms with Gasteiger partial charge in [-0.05, 0) is 30.4 Å². The van der Waals surface area contributed by atoms with Crippen LogP contribution < -0.4 is 11.5 Å². The van der Waals surface area contributed by atoms with E-state index in [-0.39, 0.29) is 12.6 Å².